The van der Waals surface area contributed by atoms with Crippen LogP contribution in [0.4, 0.5) is 0 Å². The number of hydrogen-bond donors (Lipinski definition) is 2. The van der Waals surface area contributed by atoms with Gasteiger partial charge in [0.15, 0.2) is 23.9 Å². The molecule has 12 nitrogen and oxygen atoms in total. The monoisotopic (exact) mass is 523 g/mol. The number of benzene rings is 1. The van der Waals surface area contributed by atoms with Crippen molar-refractivity contribution in [2.75, 3.05) is 41.3 Å². The molecule has 12 heteroatoms. The van der Waals surface area contributed by atoms with E-state index in [2.05, 4.69) is 0 Å². The number of ketones is 1. The molecule has 0 aliphatic carbocycles. The Morgan fingerprint density at radius 3 is 2.41 bits per heavy atom. The lowest BCUT2D eigenvalue weighted by molar-refractivity contribution is -0.325. The van der Waals surface area contributed by atoms with Crippen molar-refractivity contribution in [2.45, 2.75) is 68.2 Å². The van der Waals surface area contributed by atoms with Gasteiger partial charge >= 0.3 is 0 Å². The molecule has 4 aliphatic rings. The van der Waals surface area contributed by atoms with E-state index >= 15 is 0 Å². The molecule has 0 aromatic heterocycles. The van der Waals surface area contributed by atoms with Crippen molar-refractivity contribution in [3.05, 3.63) is 23.3 Å². The molecule has 8 atom stereocenters. The van der Waals surface area contributed by atoms with Crippen molar-refractivity contribution in [3.8, 4) is 11.5 Å². The van der Waals surface area contributed by atoms with E-state index in [1.54, 1.807) is 6.07 Å². The molecular weight excluding hydrogens is 490 g/mol. The molecule has 0 radical (unpaired) electrons. The summed E-state index contributed by atoms with van der Waals surface area (Å²) in [6.45, 7) is 0.224. The number of hydrogen-bond acceptors (Lipinski definition) is 11. The van der Waals surface area contributed by atoms with Gasteiger partial charge in [-0.2, -0.15) is 0 Å². The second-order valence-corrected chi connectivity index (χ2v) is 9.62. The fourth-order valence-corrected chi connectivity index (χ4v) is 5.74. The molecule has 1 aromatic carbocycles. The quantitative estimate of drug-likeness (QED) is 0.508. The van der Waals surface area contributed by atoms with Crippen LogP contribution >= 0.6 is 0 Å². The molecule has 1 amide bonds. The van der Waals surface area contributed by atoms with E-state index < -0.39 is 54.7 Å². The fourth-order valence-electron chi connectivity index (χ4n) is 5.74. The number of rotatable bonds is 6. The lowest BCUT2D eigenvalue weighted by Gasteiger charge is -2.45. The Balaban J connectivity index is 1.45. The highest BCUT2D eigenvalue weighted by molar-refractivity contribution is 5.90. The van der Waals surface area contributed by atoms with E-state index in [4.69, 9.17) is 33.2 Å². The van der Waals surface area contributed by atoms with Crippen molar-refractivity contribution in [1.82, 2.24) is 4.90 Å². The van der Waals surface area contributed by atoms with Gasteiger partial charge in [0.05, 0.1) is 6.61 Å². The van der Waals surface area contributed by atoms with Gasteiger partial charge in [0.1, 0.15) is 36.3 Å². The lowest BCUT2D eigenvalue weighted by atomic mass is 9.86. The maximum absolute atomic E-state index is 13.6. The van der Waals surface area contributed by atoms with Crippen LogP contribution in [0.25, 0.3) is 0 Å². The first kappa shape index (κ1) is 26.3. The van der Waals surface area contributed by atoms with E-state index in [1.165, 1.54) is 26.2 Å². The Morgan fingerprint density at radius 1 is 1.03 bits per heavy atom. The zero-order valence-electron chi connectivity index (χ0n) is 21.0. The average Bonchev–Trinajstić information content (AvgIpc) is 3.29. The van der Waals surface area contributed by atoms with Gasteiger partial charge in [-0.3, -0.25) is 9.59 Å². The van der Waals surface area contributed by atoms with E-state index in [0.717, 1.165) is 11.1 Å². The van der Waals surface area contributed by atoms with Crippen molar-refractivity contribution >= 4 is 11.7 Å². The van der Waals surface area contributed by atoms with E-state index in [-0.39, 0.29) is 32.1 Å². The zero-order valence-corrected chi connectivity index (χ0v) is 21.0. The first-order valence-electron chi connectivity index (χ1n) is 12.3. The summed E-state index contributed by atoms with van der Waals surface area (Å²) in [5.41, 5.74) is 1.57. The Morgan fingerprint density at radius 2 is 1.73 bits per heavy atom. The summed E-state index contributed by atoms with van der Waals surface area (Å²) in [6, 6.07) is 3.62. The summed E-state index contributed by atoms with van der Waals surface area (Å²) in [7, 11) is 4.38. The van der Waals surface area contributed by atoms with Gasteiger partial charge < -0.3 is 48.3 Å². The minimum Gasteiger partial charge on any atom is -0.454 e. The highest BCUT2D eigenvalue weighted by Gasteiger charge is 2.50. The molecule has 4 aliphatic heterocycles. The number of amides is 1. The Bertz CT molecular complexity index is 1020. The molecule has 2 fully saturated rings. The Kier molecular flexibility index (Phi) is 7.68. The van der Waals surface area contributed by atoms with Crippen molar-refractivity contribution in [1.29, 1.82) is 0 Å². The first-order chi connectivity index (χ1) is 17.9. The van der Waals surface area contributed by atoms with Gasteiger partial charge in [-0.1, -0.05) is 0 Å². The summed E-state index contributed by atoms with van der Waals surface area (Å²) in [5.74, 6) is -0.113. The molecule has 2 bridgehead atoms. The van der Waals surface area contributed by atoms with Crippen molar-refractivity contribution in [2.24, 2.45) is 0 Å². The predicted molar refractivity (Wildman–Crippen MR) is 124 cm³/mol. The molecule has 0 spiro atoms. The van der Waals surface area contributed by atoms with Crippen LogP contribution in [-0.2, 0) is 39.8 Å². The molecule has 2 saturated heterocycles. The van der Waals surface area contributed by atoms with Gasteiger partial charge in [-0.15, -0.1) is 0 Å². The second-order valence-electron chi connectivity index (χ2n) is 9.62. The third kappa shape index (κ3) is 4.71. The largest absolute Gasteiger partial charge is 0.454 e. The van der Waals surface area contributed by atoms with Crippen LogP contribution in [-0.4, -0.2) is 111 Å². The number of fused-ring (bicyclic) bond motifs is 6. The van der Waals surface area contributed by atoms with Crippen molar-refractivity contribution < 1.29 is 53.0 Å². The van der Waals surface area contributed by atoms with Crippen LogP contribution < -0.4 is 9.47 Å². The molecule has 204 valence electrons. The maximum Gasteiger partial charge on any atom is 0.254 e. The van der Waals surface area contributed by atoms with E-state index in [0.29, 0.717) is 24.5 Å². The maximum atomic E-state index is 13.6. The van der Waals surface area contributed by atoms with Gasteiger partial charge in [-0.25, -0.2) is 0 Å². The SMILES string of the molecule is CO[C@@H]1[C@H](OC)[C@H](O[C@@H]2CC(=O)[C@H]3CCN(Cc4cc5c(cc43)OCO5)C(=O)[C@H]2O)O[C@H](CO)[C@H]1OC. The third-order valence-electron chi connectivity index (χ3n) is 7.66. The van der Waals surface area contributed by atoms with Crippen LogP contribution in [0.3, 0.4) is 0 Å². The van der Waals surface area contributed by atoms with Gasteiger partial charge in [0.25, 0.3) is 5.91 Å². The summed E-state index contributed by atoms with van der Waals surface area (Å²) < 4.78 is 39.7. The zero-order chi connectivity index (χ0) is 26.3. The minimum atomic E-state index is -1.62. The molecule has 2 N–H and O–H groups in total. The van der Waals surface area contributed by atoms with Crippen LogP contribution in [0.15, 0.2) is 12.1 Å². The Labute approximate surface area is 214 Å². The summed E-state index contributed by atoms with van der Waals surface area (Å²) >= 11 is 0. The standard InChI is InChI=1S/C25H33NO11/c1-31-21-19(10-27)37-25(23(33-3)22(21)32-2)36-18-8-15(28)13-4-5-26(24(30)20(18)29)9-12-6-16-17(7-14(12)13)35-11-34-16/h6-7,13,18-23,25,27,29H,4-5,8-11H2,1-3H3/t13-,18+,19+,20-,21+,22-,23-,25+/m0/s1. The number of Topliss-reactive ketones (excluding diaryl/α,β-unsaturated/α-hetero) is 1. The van der Waals surface area contributed by atoms with Crippen LogP contribution in [0.1, 0.15) is 29.9 Å². The smallest absolute Gasteiger partial charge is 0.254 e. The fraction of sp³-hybridized carbons (Fsp3) is 0.680. The highest BCUT2D eigenvalue weighted by Crippen LogP contribution is 2.42. The number of ether oxygens (including phenoxy) is 7. The minimum absolute atomic E-state index is 0.0946. The summed E-state index contributed by atoms with van der Waals surface area (Å²) in [5, 5.41) is 21.0. The van der Waals surface area contributed by atoms with Gasteiger partial charge in [0, 0.05) is 46.8 Å². The third-order valence-corrected chi connectivity index (χ3v) is 7.66. The molecule has 4 heterocycles. The molecule has 1 aromatic rings. The van der Waals surface area contributed by atoms with E-state index in [1.807, 2.05) is 6.07 Å². The van der Waals surface area contributed by atoms with E-state index in [9.17, 15) is 19.8 Å². The molecular formula is C25H33NO11. The summed E-state index contributed by atoms with van der Waals surface area (Å²) in [4.78, 5) is 28.6. The molecule has 0 unspecified atom stereocenters. The van der Waals surface area contributed by atoms with Crippen LogP contribution in [0.2, 0.25) is 0 Å². The molecule has 37 heavy (non-hydrogen) atoms. The Hall–Kier alpha value is -2.32. The predicted octanol–water partition coefficient (Wildman–Crippen LogP) is -0.288. The lowest BCUT2D eigenvalue weighted by Crippen LogP contribution is -2.62. The number of aliphatic hydroxyl groups is 2. The highest BCUT2D eigenvalue weighted by atomic mass is 16.7. The topological polar surface area (TPSA) is 142 Å². The summed E-state index contributed by atoms with van der Waals surface area (Å²) in [6.07, 6.45) is -6.75. The normalized spacial score (nSPS) is 35.5. The molecule has 5 rings (SSSR count). The second kappa shape index (κ2) is 10.8. The molecule has 0 saturated carbocycles. The number of aliphatic hydroxyl groups excluding tert-OH is 2. The van der Waals surface area contributed by atoms with Crippen LogP contribution in [0, 0.1) is 0 Å². The number of carbonyl (C=O) groups excluding carboxylic acids is 2. The number of nitrogens with zero attached hydrogens (tertiary/aromatic N) is 1. The van der Waals surface area contributed by atoms with Gasteiger partial charge in [0.2, 0.25) is 6.79 Å². The average molecular weight is 524 g/mol. The van der Waals surface area contributed by atoms with Crippen molar-refractivity contribution in [3.63, 3.8) is 0 Å². The van der Waals surface area contributed by atoms with Crippen LogP contribution in [0.5, 0.6) is 11.5 Å². The number of carbonyl (C=O) groups is 2. The number of methoxy groups -OCH3 is 3. The van der Waals surface area contributed by atoms with Gasteiger partial charge in [-0.05, 0) is 29.7 Å². The first-order valence-corrected chi connectivity index (χ1v) is 12.3.